The van der Waals surface area contributed by atoms with Gasteiger partial charge in [-0.25, -0.2) is 0 Å². The average Bonchev–Trinajstić information content (AvgIpc) is 2.01. The topological polar surface area (TPSA) is 52.6 Å². The molecule has 4 heteroatoms. The number of hydrogen-bond donors (Lipinski definition) is 0. The van der Waals surface area contributed by atoms with Gasteiger partial charge in [0.05, 0.1) is 6.61 Å². The fourth-order valence-corrected chi connectivity index (χ4v) is 1.28. The molecule has 0 bridgehead atoms. The fraction of sp³-hybridized carbons (Fsp3) is 0.889. The van der Waals surface area contributed by atoms with Gasteiger partial charge in [0.25, 0.3) is 0 Å². The van der Waals surface area contributed by atoms with Crippen LogP contribution in [-0.4, -0.2) is 36.8 Å². The lowest BCUT2D eigenvalue weighted by Gasteiger charge is -2.39. The number of nitrogens with zero attached hydrogens (tertiary/aromatic N) is 1. The Balaban J connectivity index is 2.56. The number of carbonyl (C=O) groups excluding carboxylic acids is 1. The molecule has 4 nitrogen and oxygen atoms in total. The van der Waals surface area contributed by atoms with Crippen molar-refractivity contribution in [1.29, 1.82) is 0 Å². The third kappa shape index (κ3) is 2.67. The Morgan fingerprint density at radius 3 is 2.62 bits per heavy atom. The summed E-state index contributed by atoms with van der Waals surface area (Å²) in [5, 5.41) is 11.0. The zero-order chi connectivity index (χ0) is 10.1. The molecule has 1 saturated heterocycles. The van der Waals surface area contributed by atoms with Gasteiger partial charge in [-0.05, 0) is 6.29 Å². The van der Waals surface area contributed by atoms with Gasteiger partial charge in [0.1, 0.15) is 0 Å². The molecule has 13 heavy (non-hydrogen) atoms. The van der Waals surface area contributed by atoms with Crippen LogP contribution in [0, 0.1) is 5.41 Å². The first-order valence-electron chi connectivity index (χ1n) is 4.48. The molecule has 0 aromatic carbocycles. The predicted octanol–water partition coefficient (Wildman–Crippen LogP) is -0.422. The second-order valence-electron chi connectivity index (χ2n) is 4.30. The quantitative estimate of drug-likeness (QED) is 0.516. The molecule has 0 aromatic rings. The number of morpholine rings is 1. The zero-order valence-electron chi connectivity index (χ0n) is 8.37. The zero-order valence-corrected chi connectivity index (χ0v) is 8.37. The van der Waals surface area contributed by atoms with Crippen LogP contribution in [0.5, 0.6) is 0 Å². The van der Waals surface area contributed by atoms with Crippen molar-refractivity contribution in [3.05, 3.63) is 0 Å². The number of amides is 1. The van der Waals surface area contributed by atoms with E-state index in [0.717, 1.165) is 0 Å². The molecule has 1 amide bonds. The summed E-state index contributed by atoms with van der Waals surface area (Å²) in [6, 6.07) is 0. The summed E-state index contributed by atoms with van der Waals surface area (Å²) in [5.41, 5.74) is -0.406. The highest BCUT2D eigenvalue weighted by Crippen LogP contribution is 2.18. The summed E-state index contributed by atoms with van der Waals surface area (Å²) < 4.78 is 4.82. The maximum atomic E-state index is 11.7. The molecule has 0 radical (unpaired) electrons. The third-order valence-electron chi connectivity index (χ3n) is 1.96. The minimum absolute atomic E-state index is 0.0247. The van der Waals surface area contributed by atoms with Crippen LogP contribution in [0.2, 0.25) is 0 Å². The van der Waals surface area contributed by atoms with E-state index in [1.807, 2.05) is 20.8 Å². The first-order chi connectivity index (χ1) is 5.91. The van der Waals surface area contributed by atoms with E-state index in [1.54, 1.807) is 4.90 Å². The Bertz CT molecular complexity index is 198. The molecule has 1 fully saturated rings. The first kappa shape index (κ1) is 10.5. The van der Waals surface area contributed by atoms with Gasteiger partial charge >= 0.3 is 0 Å². The standard InChI is InChI=1S/C9H16NO3/c1-9(2,3)8(12)10-4-5-13-7(11)6-10/h7H,4-6H2,1-3H3/q-1/t7-/m1/s1. The smallest absolute Gasteiger partial charge is 0.228 e. The van der Waals surface area contributed by atoms with E-state index >= 15 is 0 Å². The van der Waals surface area contributed by atoms with Crippen molar-refractivity contribution in [2.75, 3.05) is 19.7 Å². The highest BCUT2D eigenvalue weighted by molar-refractivity contribution is 5.81. The van der Waals surface area contributed by atoms with E-state index in [0.29, 0.717) is 13.2 Å². The molecule has 1 atom stereocenters. The Kier molecular flexibility index (Phi) is 2.93. The van der Waals surface area contributed by atoms with Gasteiger partial charge in [-0.1, -0.05) is 20.8 Å². The van der Waals surface area contributed by atoms with Gasteiger partial charge in [0, 0.05) is 18.5 Å². The highest BCUT2D eigenvalue weighted by atomic mass is 16.6. The van der Waals surface area contributed by atoms with Gasteiger partial charge in [-0.2, -0.15) is 0 Å². The van der Waals surface area contributed by atoms with Crippen LogP contribution in [-0.2, 0) is 9.53 Å². The molecule has 1 aliphatic heterocycles. The maximum absolute atomic E-state index is 11.7. The minimum atomic E-state index is -1.07. The lowest BCUT2D eigenvalue weighted by atomic mass is 9.94. The van der Waals surface area contributed by atoms with E-state index in [1.165, 1.54) is 0 Å². The third-order valence-corrected chi connectivity index (χ3v) is 1.96. The van der Waals surface area contributed by atoms with Crippen LogP contribution >= 0.6 is 0 Å². The van der Waals surface area contributed by atoms with Gasteiger partial charge in [0.15, 0.2) is 0 Å². The van der Waals surface area contributed by atoms with E-state index < -0.39 is 11.7 Å². The number of rotatable bonds is 0. The number of carbonyl (C=O) groups is 1. The predicted molar refractivity (Wildman–Crippen MR) is 45.8 cm³/mol. The van der Waals surface area contributed by atoms with Crippen molar-refractivity contribution in [1.82, 2.24) is 4.90 Å². The molecule has 0 N–H and O–H groups in total. The van der Waals surface area contributed by atoms with E-state index in [2.05, 4.69) is 0 Å². The molecule has 76 valence electrons. The van der Waals surface area contributed by atoms with Crippen molar-refractivity contribution in [3.63, 3.8) is 0 Å². The minimum Gasteiger partial charge on any atom is -0.830 e. The van der Waals surface area contributed by atoms with Crippen LogP contribution < -0.4 is 5.11 Å². The lowest BCUT2D eigenvalue weighted by molar-refractivity contribution is -0.497. The van der Waals surface area contributed by atoms with Gasteiger partial charge in [0.2, 0.25) is 5.91 Å². The normalized spacial score (nSPS) is 24.6. The Morgan fingerprint density at radius 1 is 1.54 bits per heavy atom. The lowest BCUT2D eigenvalue weighted by Crippen LogP contribution is -2.53. The van der Waals surface area contributed by atoms with E-state index in [-0.39, 0.29) is 12.5 Å². The molecule has 1 heterocycles. The summed E-state index contributed by atoms with van der Waals surface area (Å²) in [6.07, 6.45) is -1.07. The SMILES string of the molecule is CC(C)(C)C(=O)N1CCO[C@@H]([O-])C1. The van der Waals surface area contributed by atoms with Crippen molar-refractivity contribution < 1.29 is 14.6 Å². The molecule has 0 saturated carbocycles. The van der Waals surface area contributed by atoms with Crippen LogP contribution in [0.15, 0.2) is 0 Å². The molecule has 0 spiro atoms. The number of ether oxygens (including phenoxy) is 1. The molecule has 1 rings (SSSR count). The largest absolute Gasteiger partial charge is 0.830 e. The van der Waals surface area contributed by atoms with Crippen LogP contribution in [0.3, 0.4) is 0 Å². The summed E-state index contributed by atoms with van der Waals surface area (Å²) in [5.74, 6) is 0.0247. The van der Waals surface area contributed by atoms with Crippen molar-refractivity contribution >= 4 is 5.91 Å². The Hall–Kier alpha value is -0.610. The molecule has 0 unspecified atom stereocenters. The van der Waals surface area contributed by atoms with Crippen LogP contribution in [0.1, 0.15) is 20.8 Å². The first-order valence-corrected chi connectivity index (χ1v) is 4.48. The monoisotopic (exact) mass is 186 g/mol. The van der Waals surface area contributed by atoms with Gasteiger partial charge < -0.3 is 14.7 Å². The molecular weight excluding hydrogens is 170 g/mol. The summed E-state index contributed by atoms with van der Waals surface area (Å²) in [4.78, 5) is 13.3. The number of hydrogen-bond acceptors (Lipinski definition) is 3. The van der Waals surface area contributed by atoms with Crippen molar-refractivity contribution in [2.45, 2.75) is 27.1 Å². The second-order valence-corrected chi connectivity index (χ2v) is 4.30. The van der Waals surface area contributed by atoms with Gasteiger partial charge in [-0.3, -0.25) is 4.79 Å². The summed E-state index contributed by atoms with van der Waals surface area (Å²) in [6.45, 7) is 6.63. The summed E-state index contributed by atoms with van der Waals surface area (Å²) in [7, 11) is 0. The van der Waals surface area contributed by atoms with Crippen LogP contribution in [0.4, 0.5) is 0 Å². The highest BCUT2D eigenvalue weighted by Gasteiger charge is 2.28. The molecular formula is C9H16NO3-. The molecule has 0 aromatic heterocycles. The van der Waals surface area contributed by atoms with E-state index in [9.17, 15) is 9.90 Å². The van der Waals surface area contributed by atoms with Gasteiger partial charge in [-0.15, -0.1) is 0 Å². The fourth-order valence-electron chi connectivity index (χ4n) is 1.28. The van der Waals surface area contributed by atoms with Crippen LogP contribution in [0.25, 0.3) is 0 Å². The maximum Gasteiger partial charge on any atom is 0.228 e. The second kappa shape index (κ2) is 3.64. The summed E-state index contributed by atoms with van der Waals surface area (Å²) >= 11 is 0. The van der Waals surface area contributed by atoms with E-state index in [4.69, 9.17) is 4.74 Å². The average molecular weight is 186 g/mol. The van der Waals surface area contributed by atoms with Crippen molar-refractivity contribution in [2.24, 2.45) is 5.41 Å². The molecule has 1 aliphatic rings. The molecule has 0 aliphatic carbocycles. The van der Waals surface area contributed by atoms with Crippen molar-refractivity contribution in [3.8, 4) is 0 Å². The Labute approximate surface area is 78.5 Å². The Morgan fingerprint density at radius 2 is 2.15 bits per heavy atom.